The Labute approximate surface area is 369 Å². The number of esters is 1. The Balaban J connectivity index is 1.19. The van der Waals surface area contributed by atoms with Crippen LogP contribution in [0.2, 0.25) is 0 Å². The molecule has 6 rings (SSSR count). The number of aliphatic hydroxyl groups excluding tert-OH is 1. The number of nitrogen functional groups attached to an aromatic ring is 2. The van der Waals surface area contributed by atoms with Crippen LogP contribution in [0.1, 0.15) is 37.3 Å². The minimum Gasteiger partial charge on any atom is -0.455 e. The van der Waals surface area contributed by atoms with Gasteiger partial charge in [-0.15, -0.1) is 6.58 Å². The van der Waals surface area contributed by atoms with Gasteiger partial charge in [0.1, 0.15) is 54.9 Å². The van der Waals surface area contributed by atoms with Crippen LogP contribution < -0.4 is 27.8 Å². The summed E-state index contributed by atoms with van der Waals surface area (Å²) in [4.78, 5) is 73.6. The van der Waals surface area contributed by atoms with Crippen molar-refractivity contribution < 1.29 is 65.9 Å². The highest BCUT2D eigenvalue weighted by molar-refractivity contribution is 7.80. The largest absolute Gasteiger partial charge is 0.474 e. The number of allylic oxidation sites excluding steroid dienone is 1. The number of nitrogens with zero attached hydrogens (tertiary/aromatic N) is 6. The number of hydrogen-bond donors (Lipinski definition) is 7. The third kappa shape index (κ3) is 12.4. The van der Waals surface area contributed by atoms with Crippen molar-refractivity contribution in [1.29, 1.82) is 0 Å². The molecule has 5 heterocycles. The Hall–Kier alpha value is -5.08. The van der Waals surface area contributed by atoms with Crippen LogP contribution in [0.25, 0.3) is 11.2 Å². The number of fused-ring (bicyclic) bond motifs is 1. The first-order chi connectivity index (χ1) is 30.5. The van der Waals surface area contributed by atoms with Gasteiger partial charge in [0.2, 0.25) is 5.91 Å². The summed E-state index contributed by atoms with van der Waals surface area (Å²) in [6, 6.07) is 9.81. The second kappa shape index (κ2) is 21.3. The summed E-state index contributed by atoms with van der Waals surface area (Å²) in [7, 11) is -8.78. The monoisotopic (exact) mass is 952 g/mol. The highest BCUT2D eigenvalue weighted by atomic mass is 32.1. The molecule has 9 atom stereocenters. The molecular weight excluding hydrogens is 906 g/mol. The standard InChI is InChI=1S/C36H46N10O15P2S/c1-3-4-10-26(47)43-21(13-20-8-6-5-7-9-20)34(64)39-15-28(48)60-31-24(59-35(30(31)49)46-19-42-29-32(38)40-18-41-33(29)46)17-57-63(54,55-2)61-22-14-27(45-12-11-25(37)44-36(45)50)58-23(22)16-56-62(51,52)53/h3,5-9,11-12,18-19,21-24,27,30-31,35,49H,1,4,10,13-17H2,2H3,(H,39,64)(H,43,47)(H2,37,44,50)(H2,38,40,41)(H2,51,52,53)/t21-,22+,23+,24+,27+,30-,31?,35+,63?/m0/s1. The molecule has 1 aromatic carbocycles. The van der Waals surface area contributed by atoms with Gasteiger partial charge in [-0.25, -0.2) is 28.9 Å². The lowest BCUT2D eigenvalue weighted by atomic mass is 10.1. The number of hydrogen-bond acceptors (Lipinski definition) is 20. The van der Waals surface area contributed by atoms with Crippen molar-refractivity contribution in [3.05, 3.63) is 84.0 Å². The highest BCUT2D eigenvalue weighted by Crippen LogP contribution is 2.53. The van der Waals surface area contributed by atoms with Crippen LogP contribution in [0, 0.1) is 0 Å². The Morgan fingerprint density at radius 3 is 2.53 bits per heavy atom. The van der Waals surface area contributed by atoms with Crippen LogP contribution >= 0.6 is 27.9 Å². The second-order valence-electron chi connectivity index (χ2n) is 14.2. The molecular formula is C36H46N10O15P2S. The van der Waals surface area contributed by atoms with Crippen molar-refractivity contribution in [3.63, 3.8) is 0 Å². The van der Waals surface area contributed by atoms with Crippen molar-refractivity contribution in [1.82, 2.24) is 39.7 Å². The maximum atomic E-state index is 14.1. The molecule has 64 heavy (non-hydrogen) atoms. The van der Waals surface area contributed by atoms with Gasteiger partial charge >= 0.3 is 27.3 Å². The molecule has 0 saturated carbocycles. The Morgan fingerprint density at radius 2 is 1.83 bits per heavy atom. The second-order valence-corrected chi connectivity index (χ2v) is 17.6. The Morgan fingerprint density at radius 1 is 1.08 bits per heavy atom. The van der Waals surface area contributed by atoms with Crippen molar-refractivity contribution in [2.75, 3.05) is 38.3 Å². The van der Waals surface area contributed by atoms with E-state index in [4.69, 9.17) is 51.5 Å². The van der Waals surface area contributed by atoms with E-state index in [1.807, 2.05) is 30.3 Å². The van der Waals surface area contributed by atoms with E-state index in [9.17, 15) is 38.4 Å². The molecule has 0 spiro atoms. The number of nitrogens with one attached hydrogen (secondary N) is 2. The average Bonchev–Trinajstić information content (AvgIpc) is 3.95. The fraction of sp³-hybridized carbons (Fsp3) is 0.444. The topological polar surface area (TPSA) is 348 Å². The number of phosphoric ester groups is 2. The summed E-state index contributed by atoms with van der Waals surface area (Å²) >= 11 is 5.61. The number of nitrogens with two attached hydrogens (primary N) is 2. The SMILES string of the molecule is C=CCCC(=O)N[C@@H](Cc1ccccc1)C(=S)NCC(=O)OC1[C@@H](COP(=O)(OC)O[C@@H]2C[C@H](n3ccc(N)nc3=O)O[C@@H]2COP(=O)(O)O)O[C@@H](n2cnc3c(N)ncnc32)[C@H]1O. The van der Waals surface area contributed by atoms with Gasteiger partial charge in [0.15, 0.2) is 23.8 Å². The van der Waals surface area contributed by atoms with Gasteiger partial charge in [0.25, 0.3) is 0 Å². The van der Waals surface area contributed by atoms with Crippen molar-refractivity contribution in [2.45, 2.75) is 74.7 Å². The van der Waals surface area contributed by atoms with Crippen LogP contribution in [0.3, 0.4) is 0 Å². The van der Waals surface area contributed by atoms with Crippen LogP contribution in [0.5, 0.6) is 0 Å². The lowest BCUT2D eigenvalue weighted by Crippen LogP contribution is -2.49. The minimum atomic E-state index is -5.05. The molecule has 0 bridgehead atoms. The first kappa shape index (κ1) is 48.4. The molecule has 2 aliphatic rings. The number of ether oxygens (including phenoxy) is 3. The van der Waals surface area contributed by atoms with Gasteiger partial charge < -0.3 is 51.2 Å². The predicted molar refractivity (Wildman–Crippen MR) is 227 cm³/mol. The number of carbonyl (C=O) groups is 2. The minimum absolute atomic E-state index is 0.0296. The third-order valence-corrected chi connectivity index (χ3v) is 12.1. The summed E-state index contributed by atoms with van der Waals surface area (Å²) in [6.07, 6.45) is -3.86. The Kier molecular flexibility index (Phi) is 16.1. The Bertz CT molecular complexity index is 2460. The number of rotatable bonds is 21. The number of anilines is 2. The molecule has 2 saturated heterocycles. The molecule has 0 aliphatic carbocycles. The fourth-order valence-electron chi connectivity index (χ4n) is 6.72. The van der Waals surface area contributed by atoms with Crippen molar-refractivity contribution in [2.24, 2.45) is 0 Å². The molecule has 3 aromatic heterocycles. The fourth-order valence-corrected chi connectivity index (χ4v) is 8.42. The number of carbonyl (C=O) groups excluding carboxylic acids is 2. The normalized spacial score (nSPS) is 23.6. The predicted octanol–water partition coefficient (Wildman–Crippen LogP) is 0.582. The molecule has 0 radical (unpaired) electrons. The summed E-state index contributed by atoms with van der Waals surface area (Å²) in [5.74, 6) is -1.27. The van der Waals surface area contributed by atoms with E-state index in [-0.39, 0.29) is 46.5 Å². The first-order valence-corrected chi connectivity index (χ1v) is 22.7. The van der Waals surface area contributed by atoms with Gasteiger partial charge in [-0.05, 0) is 24.5 Å². The number of phosphoric acid groups is 2. The number of aliphatic hydroxyl groups is 1. The van der Waals surface area contributed by atoms with Crippen LogP contribution in [-0.2, 0) is 57.4 Å². The zero-order chi connectivity index (χ0) is 46.2. The lowest BCUT2D eigenvalue weighted by molar-refractivity contribution is -0.155. The number of amides is 1. The number of benzene rings is 1. The maximum Gasteiger partial charge on any atom is 0.474 e. The summed E-state index contributed by atoms with van der Waals surface area (Å²) in [5, 5.41) is 17.4. The van der Waals surface area contributed by atoms with Gasteiger partial charge in [-0.2, -0.15) is 4.98 Å². The van der Waals surface area contributed by atoms with Gasteiger partial charge in [-0.3, -0.25) is 36.8 Å². The van der Waals surface area contributed by atoms with E-state index >= 15 is 0 Å². The number of imidazole rings is 1. The molecule has 2 fully saturated rings. The zero-order valence-corrected chi connectivity index (χ0v) is 36.5. The van der Waals surface area contributed by atoms with Gasteiger partial charge in [-0.1, -0.05) is 48.6 Å². The molecule has 4 aromatic rings. The van der Waals surface area contributed by atoms with E-state index in [2.05, 4.69) is 41.7 Å². The van der Waals surface area contributed by atoms with Crippen LogP contribution in [-0.4, -0.2) is 124 Å². The van der Waals surface area contributed by atoms with E-state index in [1.165, 1.54) is 29.5 Å². The highest BCUT2D eigenvalue weighted by Gasteiger charge is 2.50. The molecule has 28 heteroatoms. The average molecular weight is 953 g/mol. The molecule has 25 nitrogen and oxygen atoms in total. The molecule has 9 N–H and O–H groups in total. The molecule has 1 amide bonds. The van der Waals surface area contributed by atoms with E-state index in [0.29, 0.717) is 12.8 Å². The van der Waals surface area contributed by atoms with Crippen LogP contribution in [0.15, 0.2) is 72.7 Å². The smallest absolute Gasteiger partial charge is 0.455 e. The quantitative estimate of drug-likeness (QED) is 0.0260. The summed E-state index contributed by atoms with van der Waals surface area (Å²) in [6.45, 7) is 1.59. The first-order valence-electron chi connectivity index (χ1n) is 19.3. The molecule has 2 unspecified atom stereocenters. The van der Waals surface area contributed by atoms with E-state index < -0.39 is 96.1 Å². The van der Waals surface area contributed by atoms with Gasteiger partial charge in [0, 0.05) is 26.1 Å². The maximum absolute atomic E-state index is 14.1. The van der Waals surface area contributed by atoms with Crippen LogP contribution in [0.4, 0.5) is 11.6 Å². The van der Waals surface area contributed by atoms with Gasteiger partial charge in [0.05, 0.1) is 30.6 Å². The van der Waals surface area contributed by atoms with Crippen molar-refractivity contribution in [3.8, 4) is 0 Å². The summed E-state index contributed by atoms with van der Waals surface area (Å²) in [5.41, 5.74) is 11.9. The number of aromatic nitrogens is 6. The third-order valence-electron chi connectivity index (χ3n) is 9.79. The number of thiocarbonyl (C=S) groups is 1. The van der Waals surface area contributed by atoms with Crippen molar-refractivity contribution >= 4 is 67.5 Å². The molecule has 2 aliphatic heterocycles. The lowest BCUT2D eigenvalue weighted by Gasteiger charge is -2.25. The van der Waals surface area contributed by atoms with E-state index in [0.717, 1.165) is 17.2 Å². The summed E-state index contributed by atoms with van der Waals surface area (Å²) < 4.78 is 66.9. The molecule has 346 valence electrons. The zero-order valence-electron chi connectivity index (χ0n) is 33.9. The van der Waals surface area contributed by atoms with E-state index in [1.54, 1.807) is 6.08 Å².